The van der Waals surface area contributed by atoms with Crippen LogP contribution in [-0.2, 0) is 0 Å². The fourth-order valence-electron chi connectivity index (χ4n) is 7.43. The molecular formula is C46H29NS. The number of hydrogen-bond donors (Lipinski definition) is 0. The summed E-state index contributed by atoms with van der Waals surface area (Å²) in [5.74, 6) is 0. The minimum absolute atomic E-state index is 1.13. The van der Waals surface area contributed by atoms with Gasteiger partial charge >= 0.3 is 0 Å². The Balaban J connectivity index is 1.13. The molecule has 1 heterocycles. The predicted octanol–water partition coefficient (Wildman–Crippen LogP) is 13.8. The van der Waals surface area contributed by atoms with Crippen LogP contribution in [0.4, 0.5) is 17.1 Å². The minimum atomic E-state index is 1.13. The zero-order chi connectivity index (χ0) is 31.6. The number of benzene rings is 9. The lowest BCUT2D eigenvalue weighted by molar-refractivity contribution is 1.30. The molecule has 0 aliphatic rings. The van der Waals surface area contributed by atoms with Crippen molar-refractivity contribution in [1.82, 2.24) is 0 Å². The Morgan fingerprint density at radius 1 is 0.292 bits per heavy atom. The fraction of sp³-hybridized carbons (Fsp3) is 0. The van der Waals surface area contributed by atoms with Gasteiger partial charge in [-0.2, -0.15) is 0 Å². The summed E-state index contributed by atoms with van der Waals surface area (Å²) in [5.41, 5.74) is 5.85. The van der Waals surface area contributed by atoms with Crippen LogP contribution in [0.15, 0.2) is 176 Å². The molecule has 0 aliphatic heterocycles. The van der Waals surface area contributed by atoms with E-state index in [9.17, 15) is 0 Å². The Labute approximate surface area is 282 Å². The number of fused-ring (bicyclic) bond motifs is 9. The molecule has 0 fully saturated rings. The number of hydrogen-bond acceptors (Lipinski definition) is 2. The van der Waals surface area contributed by atoms with Crippen molar-refractivity contribution >= 4 is 91.7 Å². The molecule has 9 aromatic carbocycles. The number of nitrogens with zero attached hydrogens (tertiary/aromatic N) is 1. The third-order valence-corrected chi connectivity index (χ3v) is 11.0. The number of rotatable bonds is 4. The summed E-state index contributed by atoms with van der Waals surface area (Å²) >= 11 is 1.86. The first-order valence-corrected chi connectivity index (χ1v) is 17.2. The van der Waals surface area contributed by atoms with Crippen molar-refractivity contribution in [3.8, 4) is 11.1 Å². The molecule has 0 unspecified atom stereocenters. The SMILES string of the molecule is c1ccc2c(c1)ccc1cc(-c3ccc(N(c4ccc5ccc6ccccc6c5c4)c4ccc5sc6ccccc6c5c4)cc3)ccc12. The minimum Gasteiger partial charge on any atom is -0.310 e. The lowest BCUT2D eigenvalue weighted by Crippen LogP contribution is -2.09. The largest absolute Gasteiger partial charge is 0.310 e. The standard InChI is InChI=1S/C46H29NS/c1-3-9-39-31(7-1)15-16-35-27-34(20-25-41(35)39)30-17-21-36(22-18-30)47(38-24-26-46-44(29-38)42-11-5-6-12-45(42)48-46)37-23-19-33-14-13-32-8-2-4-10-40(32)43(33)28-37/h1-29H. The van der Waals surface area contributed by atoms with E-state index in [0.29, 0.717) is 0 Å². The van der Waals surface area contributed by atoms with E-state index in [1.54, 1.807) is 0 Å². The molecule has 48 heavy (non-hydrogen) atoms. The molecule has 0 saturated carbocycles. The van der Waals surface area contributed by atoms with Gasteiger partial charge in [-0.1, -0.05) is 121 Å². The Morgan fingerprint density at radius 2 is 0.792 bits per heavy atom. The first-order chi connectivity index (χ1) is 23.8. The van der Waals surface area contributed by atoms with E-state index < -0.39 is 0 Å². The Bertz CT molecular complexity index is 2840. The van der Waals surface area contributed by atoms with Crippen molar-refractivity contribution in [2.45, 2.75) is 0 Å². The van der Waals surface area contributed by atoms with Crippen LogP contribution >= 0.6 is 11.3 Å². The Morgan fingerprint density at radius 3 is 1.56 bits per heavy atom. The summed E-state index contributed by atoms with van der Waals surface area (Å²) in [5, 5.41) is 12.8. The smallest absolute Gasteiger partial charge is 0.0468 e. The number of anilines is 3. The maximum atomic E-state index is 2.41. The van der Waals surface area contributed by atoms with Gasteiger partial charge < -0.3 is 4.90 Å². The molecule has 0 amide bonds. The second-order valence-corrected chi connectivity index (χ2v) is 13.7. The lowest BCUT2D eigenvalue weighted by atomic mass is 9.97. The molecule has 0 saturated heterocycles. The van der Waals surface area contributed by atoms with Crippen molar-refractivity contribution in [3.05, 3.63) is 176 Å². The van der Waals surface area contributed by atoms with Crippen molar-refractivity contribution in [3.63, 3.8) is 0 Å². The molecule has 0 radical (unpaired) electrons. The normalized spacial score (nSPS) is 11.8. The number of thiophene rings is 1. The summed E-state index contributed by atoms with van der Waals surface area (Å²) in [4.78, 5) is 2.41. The molecule has 1 nitrogen and oxygen atoms in total. The van der Waals surface area contributed by atoms with E-state index in [0.717, 1.165) is 17.1 Å². The molecule has 224 valence electrons. The summed E-state index contributed by atoms with van der Waals surface area (Å²) < 4.78 is 2.63. The summed E-state index contributed by atoms with van der Waals surface area (Å²) in [6.07, 6.45) is 0. The van der Waals surface area contributed by atoms with Crippen LogP contribution < -0.4 is 4.90 Å². The van der Waals surface area contributed by atoms with Gasteiger partial charge in [0.1, 0.15) is 0 Å². The fourth-order valence-corrected chi connectivity index (χ4v) is 8.51. The van der Waals surface area contributed by atoms with E-state index in [4.69, 9.17) is 0 Å². The first kappa shape index (κ1) is 27.2. The van der Waals surface area contributed by atoms with Crippen molar-refractivity contribution in [2.75, 3.05) is 4.90 Å². The van der Waals surface area contributed by atoms with Crippen LogP contribution in [0.5, 0.6) is 0 Å². The van der Waals surface area contributed by atoms with Gasteiger partial charge in [0.2, 0.25) is 0 Å². The Hall–Kier alpha value is -5.96. The van der Waals surface area contributed by atoms with Gasteiger partial charge in [-0.15, -0.1) is 11.3 Å². The molecule has 2 heteroatoms. The second-order valence-electron chi connectivity index (χ2n) is 12.6. The van der Waals surface area contributed by atoms with E-state index in [-0.39, 0.29) is 0 Å². The quantitative estimate of drug-likeness (QED) is 0.176. The van der Waals surface area contributed by atoms with Crippen LogP contribution in [0, 0.1) is 0 Å². The van der Waals surface area contributed by atoms with Gasteiger partial charge in [0.25, 0.3) is 0 Å². The molecule has 0 atom stereocenters. The van der Waals surface area contributed by atoms with Crippen LogP contribution in [0.2, 0.25) is 0 Å². The first-order valence-electron chi connectivity index (χ1n) is 16.4. The van der Waals surface area contributed by atoms with Crippen LogP contribution in [0.1, 0.15) is 0 Å². The zero-order valence-corrected chi connectivity index (χ0v) is 26.9. The van der Waals surface area contributed by atoms with Crippen LogP contribution in [0.3, 0.4) is 0 Å². The Kier molecular flexibility index (Phi) is 6.12. The molecule has 0 aliphatic carbocycles. The average molecular weight is 628 g/mol. The van der Waals surface area contributed by atoms with Gasteiger partial charge in [0, 0.05) is 37.2 Å². The highest BCUT2D eigenvalue weighted by molar-refractivity contribution is 7.25. The molecule has 10 rings (SSSR count). The van der Waals surface area contributed by atoms with Crippen molar-refractivity contribution in [2.24, 2.45) is 0 Å². The van der Waals surface area contributed by atoms with Gasteiger partial charge in [-0.25, -0.2) is 0 Å². The predicted molar refractivity (Wildman–Crippen MR) is 209 cm³/mol. The third kappa shape index (κ3) is 4.38. The highest BCUT2D eigenvalue weighted by atomic mass is 32.1. The van der Waals surface area contributed by atoms with Gasteiger partial charge in [-0.05, 0) is 109 Å². The zero-order valence-electron chi connectivity index (χ0n) is 26.1. The van der Waals surface area contributed by atoms with Gasteiger partial charge in [-0.3, -0.25) is 0 Å². The molecule has 10 aromatic rings. The molecule has 1 aromatic heterocycles. The van der Waals surface area contributed by atoms with Crippen molar-refractivity contribution < 1.29 is 0 Å². The highest BCUT2D eigenvalue weighted by Gasteiger charge is 2.16. The summed E-state index contributed by atoms with van der Waals surface area (Å²) in [6, 6.07) is 64.7. The van der Waals surface area contributed by atoms with E-state index in [1.165, 1.54) is 74.4 Å². The average Bonchev–Trinajstić information content (AvgIpc) is 3.53. The molecule has 0 N–H and O–H groups in total. The lowest BCUT2D eigenvalue weighted by Gasteiger charge is -2.26. The van der Waals surface area contributed by atoms with Crippen molar-refractivity contribution in [1.29, 1.82) is 0 Å². The van der Waals surface area contributed by atoms with E-state index in [1.807, 2.05) is 11.3 Å². The summed E-state index contributed by atoms with van der Waals surface area (Å²) in [7, 11) is 0. The topological polar surface area (TPSA) is 3.24 Å². The van der Waals surface area contributed by atoms with E-state index in [2.05, 4.69) is 181 Å². The molecule has 0 spiro atoms. The van der Waals surface area contributed by atoms with Gasteiger partial charge in [0.05, 0.1) is 0 Å². The molecular weight excluding hydrogens is 599 g/mol. The third-order valence-electron chi connectivity index (χ3n) is 9.81. The van der Waals surface area contributed by atoms with E-state index >= 15 is 0 Å². The van der Waals surface area contributed by atoms with Crippen LogP contribution in [-0.4, -0.2) is 0 Å². The van der Waals surface area contributed by atoms with Crippen LogP contribution in [0.25, 0.3) is 74.4 Å². The summed E-state index contributed by atoms with van der Waals surface area (Å²) in [6.45, 7) is 0. The molecule has 0 bridgehead atoms. The highest BCUT2D eigenvalue weighted by Crippen LogP contribution is 2.42. The second kappa shape index (κ2) is 10.8. The maximum Gasteiger partial charge on any atom is 0.0468 e. The maximum absolute atomic E-state index is 2.41. The monoisotopic (exact) mass is 627 g/mol. The van der Waals surface area contributed by atoms with Gasteiger partial charge in [0.15, 0.2) is 0 Å².